The van der Waals surface area contributed by atoms with Gasteiger partial charge in [-0.1, -0.05) is 12.1 Å². The minimum atomic E-state index is -0.0420. The van der Waals surface area contributed by atoms with Crippen molar-refractivity contribution in [3.8, 4) is 5.75 Å². The first-order chi connectivity index (χ1) is 9.29. The normalized spacial score (nSPS) is 14.8. The fraction of sp³-hybridized carbons (Fsp3) is 0.267. The van der Waals surface area contributed by atoms with Crippen molar-refractivity contribution in [2.75, 3.05) is 6.61 Å². The highest BCUT2D eigenvalue weighted by Crippen LogP contribution is 2.30. The first-order valence-electron chi connectivity index (χ1n) is 6.42. The Morgan fingerprint density at radius 2 is 2.26 bits per heavy atom. The van der Waals surface area contributed by atoms with E-state index in [0.29, 0.717) is 0 Å². The average Bonchev–Trinajstić information content (AvgIpc) is 2.89. The van der Waals surface area contributed by atoms with E-state index in [2.05, 4.69) is 29.5 Å². The lowest BCUT2D eigenvalue weighted by atomic mass is 9.95. The summed E-state index contributed by atoms with van der Waals surface area (Å²) in [7, 11) is 0. The van der Waals surface area contributed by atoms with Gasteiger partial charge in [-0.3, -0.25) is 10.8 Å². The number of hydrogen-bond acceptors (Lipinski definition) is 4. The van der Waals surface area contributed by atoms with Crippen LogP contribution in [0.1, 0.15) is 28.3 Å². The third-order valence-corrected chi connectivity index (χ3v) is 3.60. The molecule has 1 aromatic carbocycles. The number of hydrazine groups is 1. The van der Waals surface area contributed by atoms with Crippen LogP contribution in [0.25, 0.3) is 0 Å². The minimum absolute atomic E-state index is 0.0420. The van der Waals surface area contributed by atoms with Gasteiger partial charge in [-0.15, -0.1) is 0 Å². The summed E-state index contributed by atoms with van der Waals surface area (Å²) in [6.07, 6.45) is 4.62. The molecule has 0 spiro atoms. The van der Waals surface area contributed by atoms with E-state index in [1.165, 1.54) is 11.1 Å². The van der Waals surface area contributed by atoms with Crippen molar-refractivity contribution in [2.45, 2.75) is 19.4 Å². The van der Waals surface area contributed by atoms with Gasteiger partial charge in [0, 0.05) is 18.8 Å². The van der Waals surface area contributed by atoms with Crippen LogP contribution in [0.15, 0.2) is 36.7 Å². The molecule has 1 unspecified atom stereocenters. The van der Waals surface area contributed by atoms with E-state index < -0.39 is 0 Å². The molecule has 1 aliphatic rings. The van der Waals surface area contributed by atoms with Crippen LogP contribution in [0.2, 0.25) is 0 Å². The second-order valence-corrected chi connectivity index (χ2v) is 4.80. The van der Waals surface area contributed by atoms with Gasteiger partial charge in [0.25, 0.3) is 0 Å². The van der Waals surface area contributed by atoms with E-state index in [4.69, 9.17) is 10.6 Å². The van der Waals surface area contributed by atoms with E-state index in [9.17, 15) is 0 Å². The Hall–Kier alpha value is -1.91. The van der Waals surface area contributed by atoms with E-state index in [-0.39, 0.29) is 6.04 Å². The summed E-state index contributed by atoms with van der Waals surface area (Å²) in [5.41, 5.74) is 7.55. The molecule has 2 heterocycles. The lowest BCUT2D eigenvalue weighted by molar-refractivity contribution is 0.357. The van der Waals surface area contributed by atoms with Crippen molar-refractivity contribution in [3.05, 3.63) is 58.9 Å². The number of benzene rings is 1. The molecule has 4 nitrogen and oxygen atoms in total. The molecule has 1 atom stereocenters. The molecule has 0 aliphatic carbocycles. The molecule has 2 aromatic rings. The van der Waals surface area contributed by atoms with Crippen LogP contribution in [-0.4, -0.2) is 11.6 Å². The lowest BCUT2D eigenvalue weighted by Gasteiger charge is -2.19. The molecular formula is C15H17N3O. The molecule has 0 radical (unpaired) electrons. The van der Waals surface area contributed by atoms with Crippen LogP contribution in [0.5, 0.6) is 5.75 Å². The summed E-state index contributed by atoms with van der Waals surface area (Å²) < 4.78 is 5.53. The van der Waals surface area contributed by atoms with Crippen molar-refractivity contribution in [1.82, 2.24) is 10.4 Å². The summed E-state index contributed by atoms with van der Waals surface area (Å²) in [6, 6.07) is 8.20. The van der Waals surface area contributed by atoms with Gasteiger partial charge in [-0.2, -0.15) is 0 Å². The molecule has 0 amide bonds. The van der Waals surface area contributed by atoms with Gasteiger partial charge in [0.05, 0.1) is 12.6 Å². The number of nitrogens with one attached hydrogen (secondary N) is 1. The zero-order valence-corrected chi connectivity index (χ0v) is 10.9. The summed E-state index contributed by atoms with van der Waals surface area (Å²) in [6.45, 7) is 2.84. The number of ether oxygens (including phenoxy) is 1. The maximum Gasteiger partial charge on any atom is 0.122 e. The van der Waals surface area contributed by atoms with E-state index in [1.54, 1.807) is 6.20 Å². The quantitative estimate of drug-likeness (QED) is 0.649. The van der Waals surface area contributed by atoms with Crippen LogP contribution < -0.4 is 16.0 Å². The van der Waals surface area contributed by atoms with E-state index >= 15 is 0 Å². The Kier molecular flexibility index (Phi) is 3.19. The number of pyridine rings is 1. The molecule has 19 heavy (non-hydrogen) atoms. The van der Waals surface area contributed by atoms with E-state index in [1.807, 2.05) is 18.3 Å². The second-order valence-electron chi connectivity index (χ2n) is 4.80. The standard InChI is InChI=1S/C15H17N3O/c1-10-4-6-17-9-13(10)15(18-16)12-2-3-14-11(8-12)5-7-19-14/h2-4,6,8-9,15,18H,5,7,16H2,1H3. The first-order valence-corrected chi connectivity index (χ1v) is 6.42. The highest BCUT2D eigenvalue weighted by Gasteiger charge is 2.18. The molecule has 1 aromatic heterocycles. The summed E-state index contributed by atoms with van der Waals surface area (Å²) in [5.74, 6) is 6.73. The molecule has 98 valence electrons. The number of nitrogens with zero attached hydrogens (tertiary/aromatic N) is 1. The highest BCUT2D eigenvalue weighted by atomic mass is 16.5. The van der Waals surface area contributed by atoms with Crippen molar-refractivity contribution < 1.29 is 4.74 Å². The van der Waals surface area contributed by atoms with Crippen LogP contribution in [0.3, 0.4) is 0 Å². The number of nitrogens with two attached hydrogens (primary N) is 1. The second kappa shape index (κ2) is 4.99. The predicted molar refractivity (Wildman–Crippen MR) is 73.8 cm³/mol. The summed E-state index contributed by atoms with van der Waals surface area (Å²) in [4.78, 5) is 4.19. The number of fused-ring (bicyclic) bond motifs is 1. The molecule has 0 saturated heterocycles. The van der Waals surface area contributed by atoms with Gasteiger partial charge in [0.1, 0.15) is 5.75 Å². The van der Waals surface area contributed by atoms with Gasteiger partial charge < -0.3 is 4.74 Å². The average molecular weight is 255 g/mol. The molecule has 3 N–H and O–H groups in total. The molecule has 0 bridgehead atoms. The summed E-state index contributed by atoms with van der Waals surface area (Å²) in [5, 5.41) is 0. The molecule has 0 saturated carbocycles. The van der Waals surface area contributed by atoms with Crippen LogP contribution in [-0.2, 0) is 6.42 Å². The van der Waals surface area contributed by atoms with Crippen LogP contribution >= 0.6 is 0 Å². The monoisotopic (exact) mass is 255 g/mol. The SMILES string of the molecule is Cc1ccncc1C(NN)c1ccc2c(c1)CCO2. The van der Waals surface area contributed by atoms with Gasteiger partial charge >= 0.3 is 0 Å². The van der Waals surface area contributed by atoms with Gasteiger partial charge in [0.2, 0.25) is 0 Å². The molecule has 4 heteroatoms. The predicted octanol–water partition coefficient (Wildman–Crippen LogP) is 1.88. The van der Waals surface area contributed by atoms with Gasteiger partial charge in [-0.05, 0) is 41.3 Å². The Labute approximate surface area is 112 Å². The van der Waals surface area contributed by atoms with Gasteiger partial charge in [0.15, 0.2) is 0 Å². The smallest absolute Gasteiger partial charge is 0.122 e. The highest BCUT2D eigenvalue weighted by molar-refractivity contribution is 5.44. The Morgan fingerprint density at radius 1 is 1.37 bits per heavy atom. The molecule has 3 rings (SSSR count). The molecule has 1 aliphatic heterocycles. The third-order valence-electron chi connectivity index (χ3n) is 3.60. The maximum atomic E-state index is 5.74. The lowest BCUT2D eigenvalue weighted by Crippen LogP contribution is -2.29. The first kappa shape index (κ1) is 12.1. The molecular weight excluding hydrogens is 238 g/mol. The summed E-state index contributed by atoms with van der Waals surface area (Å²) >= 11 is 0. The Morgan fingerprint density at radius 3 is 3.05 bits per heavy atom. The molecule has 0 fully saturated rings. The third kappa shape index (κ3) is 2.20. The van der Waals surface area contributed by atoms with Crippen molar-refractivity contribution in [2.24, 2.45) is 5.84 Å². The zero-order valence-electron chi connectivity index (χ0n) is 10.9. The fourth-order valence-corrected chi connectivity index (χ4v) is 2.53. The van der Waals surface area contributed by atoms with Crippen molar-refractivity contribution >= 4 is 0 Å². The number of rotatable bonds is 3. The Bertz CT molecular complexity index is 598. The van der Waals surface area contributed by atoms with Crippen molar-refractivity contribution in [1.29, 1.82) is 0 Å². The van der Waals surface area contributed by atoms with E-state index in [0.717, 1.165) is 29.9 Å². The zero-order chi connectivity index (χ0) is 13.2. The number of aryl methyl sites for hydroxylation is 1. The minimum Gasteiger partial charge on any atom is -0.493 e. The largest absolute Gasteiger partial charge is 0.493 e. The maximum absolute atomic E-state index is 5.74. The van der Waals surface area contributed by atoms with Crippen molar-refractivity contribution in [3.63, 3.8) is 0 Å². The fourth-order valence-electron chi connectivity index (χ4n) is 2.53. The number of hydrogen-bond donors (Lipinski definition) is 2. The van der Waals surface area contributed by atoms with Gasteiger partial charge in [-0.25, -0.2) is 5.43 Å². The number of aromatic nitrogens is 1. The van der Waals surface area contributed by atoms with Crippen LogP contribution in [0.4, 0.5) is 0 Å². The Balaban J connectivity index is 2.01. The topological polar surface area (TPSA) is 60.2 Å². The van der Waals surface area contributed by atoms with Crippen LogP contribution in [0, 0.1) is 6.92 Å².